The van der Waals surface area contributed by atoms with E-state index in [0.717, 1.165) is 11.3 Å². The van der Waals surface area contributed by atoms with Gasteiger partial charge in [-0.3, -0.25) is 0 Å². The van der Waals surface area contributed by atoms with Crippen LogP contribution in [-0.2, 0) is 9.53 Å². The van der Waals surface area contributed by atoms with E-state index >= 15 is 0 Å². The van der Waals surface area contributed by atoms with Crippen molar-refractivity contribution in [3.05, 3.63) is 42.1 Å². The lowest BCUT2D eigenvalue weighted by molar-refractivity contribution is -0.134. The Morgan fingerprint density at radius 1 is 1.29 bits per heavy atom. The minimum atomic E-state index is -0.376. The van der Waals surface area contributed by atoms with Gasteiger partial charge < -0.3 is 14.8 Å². The highest BCUT2D eigenvalue weighted by atomic mass is 16.5. The van der Waals surface area contributed by atoms with E-state index in [0.29, 0.717) is 0 Å². The summed E-state index contributed by atoms with van der Waals surface area (Å²) in [5, 5.41) is 3.08. The summed E-state index contributed by atoms with van der Waals surface area (Å²) in [5.74, 6) is 0.450. The normalized spacial score (nSPS) is 12.2. The molecule has 0 spiro atoms. The smallest absolute Gasteiger partial charge is 0.331 e. The van der Waals surface area contributed by atoms with Gasteiger partial charge in [0.15, 0.2) is 0 Å². The number of rotatable bonds is 5. The predicted octanol–water partition coefficient (Wildman–Crippen LogP) is 2.03. The van der Waals surface area contributed by atoms with Crippen molar-refractivity contribution in [3.8, 4) is 5.75 Å². The molecule has 0 radical (unpaired) electrons. The Hall–Kier alpha value is -1.97. The van der Waals surface area contributed by atoms with Gasteiger partial charge in [0, 0.05) is 18.3 Å². The van der Waals surface area contributed by atoms with Gasteiger partial charge in [0.1, 0.15) is 5.75 Å². The highest BCUT2D eigenvalue weighted by molar-refractivity contribution is 5.81. The minimum Gasteiger partial charge on any atom is -0.497 e. The molecule has 4 nitrogen and oxygen atoms in total. The van der Waals surface area contributed by atoms with Gasteiger partial charge in [-0.25, -0.2) is 4.79 Å². The molecule has 1 rings (SSSR count). The first-order chi connectivity index (χ1) is 8.17. The fourth-order valence-corrected chi connectivity index (χ4v) is 1.32. The van der Waals surface area contributed by atoms with Gasteiger partial charge in [0.25, 0.3) is 0 Å². The Morgan fingerprint density at radius 2 is 1.94 bits per heavy atom. The van der Waals surface area contributed by atoms with Crippen LogP contribution in [0.15, 0.2) is 36.5 Å². The summed E-state index contributed by atoms with van der Waals surface area (Å²) in [6, 6.07) is 7.86. The van der Waals surface area contributed by atoms with Gasteiger partial charge in [-0.15, -0.1) is 0 Å². The lowest BCUT2D eigenvalue weighted by atomic mass is 10.1. The molecule has 0 heterocycles. The van der Waals surface area contributed by atoms with E-state index in [2.05, 4.69) is 10.1 Å². The van der Waals surface area contributed by atoms with Gasteiger partial charge in [-0.2, -0.15) is 0 Å². The quantitative estimate of drug-likeness (QED) is 0.626. The van der Waals surface area contributed by atoms with Crippen molar-refractivity contribution in [2.45, 2.75) is 13.0 Å². The first-order valence-electron chi connectivity index (χ1n) is 5.32. The van der Waals surface area contributed by atoms with Crippen molar-refractivity contribution in [2.24, 2.45) is 0 Å². The van der Waals surface area contributed by atoms with Crippen molar-refractivity contribution in [1.29, 1.82) is 0 Å². The zero-order valence-electron chi connectivity index (χ0n) is 10.3. The Balaban J connectivity index is 2.54. The average Bonchev–Trinajstić information content (AvgIpc) is 2.38. The molecule has 0 aromatic heterocycles. The standard InChI is InChI=1S/C13H17NO3/c1-10(14-9-8-13(15)17-3)11-4-6-12(16-2)7-5-11/h4-10,14H,1-3H3/b9-8+/t10-/m0/s1. The first kappa shape index (κ1) is 13.1. The minimum absolute atomic E-state index is 0.113. The molecule has 0 aliphatic heterocycles. The molecule has 1 N–H and O–H groups in total. The molecule has 1 aromatic carbocycles. The van der Waals surface area contributed by atoms with Crippen LogP contribution in [0, 0.1) is 0 Å². The van der Waals surface area contributed by atoms with E-state index < -0.39 is 0 Å². The fraction of sp³-hybridized carbons (Fsp3) is 0.308. The number of ether oxygens (including phenoxy) is 2. The van der Waals surface area contributed by atoms with E-state index in [-0.39, 0.29) is 12.0 Å². The SMILES string of the molecule is COC(=O)/C=C/N[C@@H](C)c1ccc(OC)cc1. The van der Waals surface area contributed by atoms with Gasteiger partial charge in [-0.05, 0) is 24.6 Å². The average molecular weight is 235 g/mol. The fourth-order valence-electron chi connectivity index (χ4n) is 1.32. The molecule has 1 aromatic rings. The maximum Gasteiger partial charge on any atom is 0.331 e. The first-order valence-corrected chi connectivity index (χ1v) is 5.32. The van der Waals surface area contributed by atoms with Crippen molar-refractivity contribution in [1.82, 2.24) is 5.32 Å². The van der Waals surface area contributed by atoms with Crippen LogP contribution in [-0.4, -0.2) is 20.2 Å². The van der Waals surface area contributed by atoms with Crippen LogP contribution < -0.4 is 10.1 Å². The van der Waals surface area contributed by atoms with Crippen molar-refractivity contribution < 1.29 is 14.3 Å². The van der Waals surface area contributed by atoms with Gasteiger partial charge in [0.2, 0.25) is 0 Å². The van der Waals surface area contributed by atoms with Crippen LogP contribution in [0.1, 0.15) is 18.5 Å². The number of hydrogen-bond donors (Lipinski definition) is 1. The lowest BCUT2D eigenvalue weighted by Crippen LogP contribution is -2.12. The monoisotopic (exact) mass is 235 g/mol. The van der Waals surface area contributed by atoms with Crippen molar-refractivity contribution in [2.75, 3.05) is 14.2 Å². The molecule has 0 amide bonds. The number of nitrogens with one attached hydrogen (secondary N) is 1. The van der Waals surface area contributed by atoms with Crippen molar-refractivity contribution in [3.63, 3.8) is 0 Å². The number of carbonyl (C=O) groups is 1. The third kappa shape index (κ3) is 4.18. The molecule has 0 aliphatic carbocycles. The summed E-state index contributed by atoms with van der Waals surface area (Å²) in [7, 11) is 2.98. The highest BCUT2D eigenvalue weighted by Gasteiger charge is 2.02. The number of carbonyl (C=O) groups excluding carboxylic acids is 1. The molecule has 0 saturated heterocycles. The molecule has 0 bridgehead atoms. The second-order valence-electron chi connectivity index (χ2n) is 3.52. The largest absolute Gasteiger partial charge is 0.497 e. The zero-order chi connectivity index (χ0) is 12.7. The van der Waals surface area contributed by atoms with Crippen LogP contribution in [0.5, 0.6) is 5.75 Å². The Labute approximate surface area is 101 Å². The Kier molecular flexibility index (Phi) is 5.07. The number of hydrogen-bond acceptors (Lipinski definition) is 4. The van der Waals surface area contributed by atoms with E-state index in [1.54, 1.807) is 13.3 Å². The second kappa shape index (κ2) is 6.58. The molecular weight excluding hydrogens is 218 g/mol. The summed E-state index contributed by atoms with van der Waals surface area (Å²) in [6.07, 6.45) is 2.93. The van der Waals surface area contributed by atoms with E-state index in [1.807, 2.05) is 31.2 Å². The predicted molar refractivity (Wildman–Crippen MR) is 65.7 cm³/mol. The zero-order valence-corrected chi connectivity index (χ0v) is 10.3. The third-order valence-electron chi connectivity index (χ3n) is 2.38. The number of methoxy groups -OCH3 is 2. The maximum atomic E-state index is 10.8. The summed E-state index contributed by atoms with van der Waals surface area (Å²) in [4.78, 5) is 10.8. The Bertz CT molecular complexity index is 384. The van der Waals surface area contributed by atoms with Crippen LogP contribution in [0.4, 0.5) is 0 Å². The molecule has 0 saturated carbocycles. The molecule has 0 fully saturated rings. The topological polar surface area (TPSA) is 47.6 Å². The Morgan fingerprint density at radius 3 is 2.47 bits per heavy atom. The van der Waals surface area contributed by atoms with Gasteiger partial charge >= 0.3 is 5.97 Å². The van der Waals surface area contributed by atoms with Crippen LogP contribution in [0.2, 0.25) is 0 Å². The summed E-state index contributed by atoms with van der Waals surface area (Å²) in [6.45, 7) is 2.00. The van der Waals surface area contributed by atoms with E-state index in [1.165, 1.54) is 13.2 Å². The lowest BCUT2D eigenvalue weighted by Gasteiger charge is -2.12. The summed E-state index contributed by atoms with van der Waals surface area (Å²) < 4.78 is 9.57. The van der Waals surface area contributed by atoms with Crippen LogP contribution >= 0.6 is 0 Å². The van der Waals surface area contributed by atoms with Crippen LogP contribution in [0.25, 0.3) is 0 Å². The molecular formula is C13H17NO3. The highest BCUT2D eigenvalue weighted by Crippen LogP contribution is 2.16. The van der Waals surface area contributed by atoms with Gasteiger partial charge in [-0.1, -0.05) is 12.1 Å². The second-order valence-corrected chi connectivity index (χ2v) is 3.52. The maximum absolute atomic E-state index is 10.8. The molecule has 92 valence electrons. The summed E-state index contributed by atoms with van der Waals surface area (Å²) in [5.41, 5.74) is 1.11. The molecule has 17 heavy (non-hydrogen) atoms. The molecule has 4 heteroatoms. The van der Waals surface area contributed by atoms with E-state index in [4.69, 9.17) is 4.74 Å². The molecule has 1 atom stereocenters. The molecule has 0 unspecified atom stereocenters. The number of esters is 1. The summed E-state index contributed by atoms with van der Waals surface area (Å²) >= 11 is 0. The van der Waals surface area contributed by atoms with Crippen molar-refractivity contribution >= 4 is 5.97 Å². The van der Waals surface area contributed by atoms with E-state index in [9.17, 15) is 4.79 Å². The third-order valence-corrected chi connectivity index (χ3v) is 2.38. The number of benzene rings is 1. The van der Waals surface area contributed by atoms with Crippen LogP contribution in [0.3, 0.4) is 0 Å². The molecule has 0 aliphatic rings. The van der Waals surface area contributed by atoms with Gasteiger partial charge in [0.05, 0.1) is 14.2 Å².